The minimum Gasteiger partial charge on any atom is -0.456 e. The first-order valence-corrected chi connectivity index (χ1v) is 28.1. The molecule has 11 aromatic carbocycles. The highest BCUT2D eigenvalue weighted by Gasteiger charge is 2.46. The Hall–Kier alpha value is -9.32. The molecule has 5 heteroatoms. The second kappa shape index (κ2) is 19.0. The molecule has 1 aromatic heterocycles. The Morgan fingerprint density at radius 1 is 0.375 bits per heavy atom. The highest BCUT2D eigenvalue weighted by molar-refractivity contribution is 6.93. The lowest BCUT2D eigenvalue weighted by atomic mass is 9.43. The standard InChI is InChI=1S/C75H62BN3O/c1-49-41-65-63-48-72-64(61-31-17-18-32-71(61)80-72)47-68(63)79(57-36-33-55(34-37-57)74(2,3)4)76-66-39-38-60(46-69(66)78(70(42-49)73(65)76)67-40-35-56(75(5,6)7)45-62(67)52-25-15-10-16-26-52)77(58-29-19-27-53(43-58)50-21-11-8-12-22-50)59-30-20-28-54(44-59)51-23-13-9-14-24-51/h8-48H,1-7H3. The fourth-order valence-corrected chi connectivity index (χ4v) is 12.5. The Morgan fingerprint density at radius 2 is 0.950 bits per heavy atom. The van der Waals surface area contributed by atoms with Crippen molar-refractivity contribution in [3.8, 4) is 44.5 Å². The summed E-state index contributed by atoms with van der Waals surface area (Å²) in [5.41, 5.74) is 26.2. The number of hydrogen-bond acceptors (Lipinski definition) is 4. The van der Waals surface area contributed by atoms with Crippen molar-refractivity contribution < 1.29 is 4.42 Å². The van der Waals surface area contributed by atoms with Gasteiger partial charge in [0.1, 0.15) is 11.2 Å². The molecule has 0 saturated heterocycles. The lowest BCUT2D eigenvalue weighted by molar-refractivity contribution is 0.590. The lowest BCUT2D eigenvalue weighted by Crippen LogP contribution is -2.61. The van der Waals surface area contributed by atoms with E-state index in [1.54, 1.807) is 0 Å². The highest BCUT2D eigenvalue weighted by atomic mass is 16.3. The Bertz CT molecular complexity index is 4260. The molecule has 14 rings (SSSR count). The van der Waals surface area contributed by atoms with Crippen molar-refractivity contribution in [3.05, 3.63) is 265 Å². The minimum atomic E-state index is -0.213. The van der Waals surface area contributed by atoms with Crippen LogP contribution in [0.25, 0.3) is 66.4 Å². The van der Waals surface area contributed by atoms with Crippen LogP contribution >= 0.6 is 0 Å². The van der Waals surface area contributed by atoms with Crippen molar-refractivity contribution in [2.75, 3.05) is 14.6 Å². The second-order valence-corrected chi connectivity index (χ2v) is 23.9. The molecule has 0 amide bonds. The zero-order valence-electron chi connectivity index (χ0n) is 46.5. The molecule has 0 saturated carbocycles. The molecule has 0 spiro atoms. The molecular formula is C75H62BN3O. The number of nitrogens with zero attached hydrogens (tertiary/aromatic N) is 3. The van der Waals surface area contributed by atoms with Crippen LogP contribution in [0.15, 0.2) is 253 Å². The van der Waals surface area contributed by atoms with Gasteiger partial charge in [-0.05, 0) is 164 Å². The van der Waals surface area contributed by atoms with Gasteiger partial charge in [0.25, 0.3) is 0 Å². The number of furan rings is 1. The van der Waals surface area contributed by atoms with Crippen LogP contribution in [0.5, 0.6) is 0 Å². The summed E-state index contributed by atoms with van der Waals surface area (Å²) in [5.74, 6) is 0. The van der Waals surface area contributed by atoms with E-state index < -0.39 is 0 Å². The Balaban J connectivity index is 1.08. The summed E-state index contributed by atoms with van der Waals surface area (Å²) in [6, 6.07) is 92.3. The number of para-hydroxylation sites is 1. The molecular weight excluding hydrogens is 970 g/mol. The van der Waals surface area contributed by atoms with Gasteiger partial charge in [-0.3, -0.25) is 0 Å². The van der Waals surface area contributed by atoms with Crippen molar-refractivity contribution in [1.82, 2.24) is 0 Å². The van der Waals surface area contributed by atoms with Gasteiger partial charge < -0.3 is 19.0 Å². The van der Waals surface area contributed by atoms with Crippen LogP contribution < -0.4 is 25.5 Å². The van der Waals surface area contributed by atoms with E-state index in [2.05, 4.69) is 312 Å². The summed E-state index contributed by atoms with van der Waals surface area (Å²) in [7, 11) is 0. The largest absolute Gasteiger partial charge is 0.456 e. The third-order valence-electron chi connectivity index (χ3n) is 16.6. The van der Waals surface area contributed by atoms with Gasteiger partial charge in [0.15, 0.2) is 0 Å². The van der Waals surface area contributed by atoms with E-state index in [4.69, 9.17) is 4.42 Å². The zero-order chi connectivity index (χ0) is 54.4. The summed E-state index contributed by atoms with van der Waals surface area (Å²) in [6.45, 7) is 15.9. The SMILES string of the molecule is Cc1cc2c3c(c1)N(c1ccc(C(C)(C)C)cc1-c1ccccc1)c1cc(N(c4cccc(-c5ccccc5)c4)c4cccc(-c5ccccc5)c4)ccc1B3N(c1ccc(C(C)(C)C)cc1)c1cc3c(cc1-2)oc1ccccc13. The Kier molecular flexibility index (Phi) is 11.6. The number of aryl methyl sites for hydroxylation is 1. The molecule has 3 heterocycles. The first kappa shape index (κ1) is 49.0. The van der Waals surface area contributed by atoms with Crippen LogP contribution in [0.3, 0.4) is 0 Å². The van der Waals surface area contributed by atoms with Gasteiger partial charge >= 0.3 is 6.85 Å². The van der Waals surface area contributed by atoms with Crippen LogP contribution in [-0.4, -0.2) is 6.85 Å². The summed E-state index contributed by atoms with van der Waals surface area (Å²) < 4.78 is 6.75. The topological polar surface area (TPSA) is 22.9 Å². The van der Waals surface area contributed by atoms with E-state index in [0.29, 0.717) is 0 Å². The second-order valence-electron chi connectivity index (χ2n) is 23.9. The van der Waals surface area contributed by atoms with Crippen molar-refractivity contribution in [1.29, 1.82) is 0 Å². The van der Waals surface area contributed by atoms with Gasteiger partial charge in [-0.25, -0.2) is 0 Å². The van der Waals surface area contributed by atoms with Gasteiger partial charge in [-0.1, -0.05) is 205 Å². The van der Waals surface area contributed by atoms with E-state index in [9.17, 15) is 0 Å². The van der Waals surface area contributed by atoms with Crippen LogP contribution in [0, 0.1) is 6.92 Å². The highest BCUT2D eigenvalue weighted by Crippen LogP contribution is 2.52. The molecule has 0 fully saturated rings. The smallest absolute Gasteiger partial charge is 0.333 e. The van der Waals surface area contributed by atoms with E-state index in [1.165, 1.54) is 55.4 Å². The zero-order valence-corrected chi connectivity index (χ0v) is 46.5. The first-order valence-electron chi connectivity index (χ1n) is 28.1. The first-order chi connectivity index (χ1) is 38.8. The molecule has 0 unspecified atom stereocenters. The average Bonchev–Trinajstić information content (AvgIpc) is 2.18. The quantitative estimate of drug-likeness (QED) is 0.142. The molecule has 80 heavy (non-hydrogen) atoms. The number of rotatable bonds is 8. The van der Waals surface area contributed by atoms with E-state index >= 15 is 0 Å². The molecule has 0 aliphatic carbocycles. The lowest BCUT2D eigenvalue weighted by Gasteiger charge is -2.46. The fraction of sp³-hybridized carbons (Fsp3) is 0.120. The Labute approximate surface area is 471 Å². The van der Waals surface area contributed by atoms with Crippen LogP contribution in [0.2, 0.25) is 0 Å². The number of benzene rings is 11. The fourth-order valence-electron chi connectivity index (χ4n) is 12.5. The van der Waals surface area contributed by atoms with Crippen molar-refractivity contribution in [2.45, 2.75) is 59.3 Å². The monoisotopic (exact) mass is 1030 g/mol. The number of hydrogen-bond donors (Lipinski definition) is 0. The van der Waals surface area contributed by atoms with Crippen LogP contribution in [0.1, 0.15) is 58.2 Å². The maximum absolute atomic E-state index is 6.75. The molecule has 0 atom stereocenters. The third kappa shape index (κ3) is 8.39. The molecule has 0 radical (unpaired) electrons. The third-order valence-corrected chi connectivity index (χ3v) is 16.6. The van der Waals surface area contributed by atoms with Gasteiger partial charge in [0.2, 0.25) is 0 Å². The number of fused-ring (bicyclic) bond motifs is 7. The predicted molar refractivity (Wildman–Crippen MR) is 341 cm³/mol. The number of anilines is 8. The van der Waals surface area contributed by atoms with E-state index in [0.717, 1.165) is 84.1 Å². The van der Waals surface area contributed by atoms with Gasteiger partial charge in [-0.15, -0.1) is 0 Å². The minimum absolute atomic E-state index is 0.0159. The van der Waals surface area contributed by atoms with Crippen molar-refractivity contribution in [3.63, 3.8) is 0 Å². The summed E-state index contributed by atoms with van der Waals surface area (Å²) in [4.78, 5) is 7.68. The molecule has 2 aliphatic heterocycles. The molecule has 386 valence electrons. The van der Waals surface area contributed by atoms with Gasteiger partial charge in [0.05, 0.1) is 5.69 Å². The van der Waals surface area contributed by atoms with Crippen LogP contribution in [0.4, 0.5) is 45.5 Å². The Morgan fingerprint density at radius 3 is 1.59 bits per heavy atom. The van der Waals surface area contributed by atoms with E-state index in [-0.39, 0.29) is 17.7 Å². The molecule has 0 bridgehead atoms. The van der Waals surface area contributed by atoms with Crippen molar-refractivity contribution in [2.24, 2.45) is 0 Å². The average molecular weight is 1030 g/mol. The normalized spacial score (nSPS) is 12.9. The maximum atomic E-state index is 6.75. The van der Waals surface area contributed by atoms with Gasteiger partial charge in [0, 0.05) is 61.7 Å². The molecule has 2 aliphatic rings. The predicted octanol–water partition coefficient (Wildman–Crippen LogP) is 19.7. The van der Waals surface area contributed by atoms with Gasteiger partial charge in [-0.2, -0.15) is 0 Å². The maximum Gasteiger partial charge on any atom is 0.333 e. The van der Waals surface area contributed by atoms with E-state index in [1.807, 2.05) is 0 Å². The molecule has 0 N–H and O–H groups in total. The van der Waals surface area contributed by atoms with Crippen molar-refractivity contribution >= 4 is 85.2 Å². The molecule has 4 nitrogen and oxygen atoms in total. The van der Waals surface area contributed by atoms with Crippen LogP contribution in [-0.2, 0) is 10.8 Å². The molecule has 12 aromatic rings. The summed E-state index contributed by atoms with van der Waals surface area (Å²) in [6.07, 6.45) is 0. The summed E-state index contributed by atoms with van der Waals surface area (Å²) >= 11 is 0. The summed E-state index contributed by atoms with van der Waals surface area (Å²) in [5, 5.41) is 2.22.